The fraction of sp³-hybridized carbons (Fsp3) is 0.0714. The maximum absolute atomic E-state index is 8.97. The largest absolute Gasteiger partial charge is 0.487 e. The molecule has 18 heavy (non-hydrogen) atoms. The standard InChI is InChI=1S/C14H9ClINO/c15-12-4-3-11(8-17)14(7-12)18-9-10-1-5-13(16)6-2-10/h1-7H,9H2. The fourth-order valence-corrected chi connectivity index (χ4v) is 1.97. The smallest absolute Gasteiger partial charge is 0.139 e. The molecule has 0 unspecified atom stereocenters. The monoisotopic (exact) mass is 369 g/mol. The Morgan fingerprint density at radius 2 is 1.89 bits per heavy atom. The summed E-state index contributed by atoms with van der Waals surface area (Å²) in [7, 11) is 0. The van der Waals surface area contributed by atoms with Gasteiger partial charge in [-0.2, -0.15) is 5.26 Å². The van der Waals surface area contributed by atoms with Crippen LogP contribution in [0.4, 0.5) is 0 Å². The van der Waals surface area contributed by atoms with E-state index in [0.29, 0.717) is 22.9 Å². The number of rotatable bonds is 3. The second kappa shape index (κ2) is 6.07. The topological polar surface area (TPSA) is 33.0 Å². The first-order valence-electron chi connectivity index (χ1n) is 5.26. The number of ether oxygens (including phenoxy) is 1. The lowest BCUT2D eigenvalue weighted by Gasteiger charge is -2.08. The van der Waals surface area contributed by atoms with E-state index in [2.05, 4.69) is 28.7 Å². The predicted molar refractivity (Wildman–Crippen MR) is 79.7 cm³/mol. The Labute approximate surface area is 124 Å². The van der Waals surface area contributed by atoms with Gasteiger partial charge in [0.1, 0.15) is 18.4 Å². The number of nitrogens with zero attached hydrogens (tertiary/aromatic N) is 1. The molecular formula is C14H9ClINO. The average Bonchev–Trinajstić information content (AvgIpc) is 2.38. The number of hydrogen-bond acceptors (Lipinski definition) is 2. The molecule has 0 aliphatic carbocycles. The highest BCUT2D eigenvalue weighted by molar-refractivity contribution is 14.1. The summed E-state index contributed by atoms with van der Waals surface area (Å²) in [6.07, 6.45) is 0. The number of nitriles is 1. The van der Waals surface area contributed by atoms with Gasteiger partial charge in [0, 0.05) is 14.7 Å². The van der Waals surface area contributed by atoms with Crippen molar-refractivity contribution in [3.8, 4) is 11.8 Å². The molecule has 2 aromatic rings. The van der Waals surface area contributed by atoms with Gasteiger partial charge in [-0.3, -0.25) is 0 Å². The van der Waals surface area contributed by atoms with Crippen LogP contribution in [0.5, 0.6) is 5.75 Å². The zero-order valence-corrected chi connectivity index (χ0v) is 12.3. The first-order valence-corrected chi connectivity index (χ1v) is 6.71. The molecular weight excluding hydrogens is 361 g/mol. The molecule has 0 heterocycles. The van der Waals surface area contributed by atoms with Crippen LogP contribution >= 0.6 is 34.2 Å². The molecule has 0 fully saturated rings. The Bertz CT molecular complexity index is 590. The molecule has 0 atom stereocenters. The summed E-state index contributed by atoms with van der Waals surface area (Å²) in [6, 6.07) is 15.1. The van der Waals surface area contributed by atoms with Crippen LogP contribution in [-0.2, 0) is 6.61 Å². The van der Waals surface area contributed by atoms with E-state index in [9.17, 15) is 0 Å². The highest BCUT2D eigenvalue weighted by Crippen LogP contribution is 2.23. The third kappa shape index (κ3) is 3.37. The van der Waals surface area contributed by atoms with E-state index in [1.807, 2.05) is 24.3 Å². The van der Waals surface area contributed by atoms with Crippen molar-refractivity contribution >= 4 is 34.2 Å². The molecule has 2 rings (SSSR count). The van der Waals surface area contributed by atoms with Crippen molar-refractivity contribution < 1.29 is 4.74 Å². The molecule has 0 saturated carbocycles. The first-order chi connectivity index (χ1) is 8.69. The second-order valence-electron chi connectivity index (χ2n) is 3.67. The summed E-state index contributed by atoms with van der Waals surface area (Å²) < 4.78 is 6.80. The van der Waals surface area contributed by atoms with Gasteiger partial charge in [0.2, 0.25) is 0 Å². The van der Waals surface area contributed by atoms with Crippen LogP contribution in [-0.4, -0.2) is 0 Å². The average molecular weight is 370 g/mol. The van der Waals surface area contributed by atoms with Crippen LogP contribution in [0, 0.1) is 14.9 Å². The Hall–Kier alpha value is -1.25. The molecule has 0 bridgehead atoms. The van der Waals surface area contributed by atoms with Crippen molar-refractivity contribution in [1.82, 2.24) is 0 Å². The fourth-order valence-electron chi connectivity index (χ4n) is 1.45. The molecule has 0 aromatic heterocycles. The van der Waals surface area contributed by atoms with Crippen LogP contribution in [0.15, 0.2) is 42.5 Å². The summed E-state index contributed by atoms with van der Waals surface area (Å²) in [5, 5.41) is 9.53. The maximum atomic E-state index is 8.97. The highest BCUT2D eigenvalue weighted by Gasteiger charge is 2.04. The summed E-state index contributed by atoms with van der Waals surface area (Å²) in [5.74, 6) is 0.517. The van der Waals surface area contributed by atoms with E-state index >= 15 is 0 Å². The van der Waals surface area contributed by atoms with Gasteiger partial charge in [0.15, 0.2) is 0 Å². The molecule has 2 aromatic carbocycles. The van der Waals surface area contributed by atoms with Gasteiger partial charge in [-0.05, 0) is 52.4 Å². The molecule has 0 amide bonds. The Balaban J connectivity index is 2.13. The lowest BCUT2D eigenvalue weighted by atomic mass is 10.2. The summed E-state index contributed by atoms with van der Waals surface area (Å²) >= 11 is 8.14. The first kappa shape index (κ1) is 13.2. The van der Waals surface area contributed by atoms with Gasteiger partial charge in [0.05, 0.1) is 5.56 Å². The highest BCUT2D eigenvalue weighted by atomic mass is 127. The molecule has 0 N–H and O–H groups in total. The van der Waals surface area contributed by atoms with E-state index in [-0.39, 0.29) is 0 Å². The third-order valence-corrected chi connectivity index (χ3v) is 3.33. The van der Waals surface area contributed by atoms with Crippen LogP contribution in [0.3, 0.4) is 0 Å². The van der Waals surface area contributed by atoms with Gasteiger partial charge >= 0.3 is 0 Å². The molecule has 90 valence electrons. The zero-order chi connectivity index (χ0) is 13.0. The molecule has 4 heteroatoms. The quantitative estimate of drug-likeness (QED) is 0.752. The van der Waals surface area contributed by atoms with Crippen LogP contribution in [0.25, 0.3) is 0 Å². The van der Waals surface area contributed by atoms with E-state index in [1.165, 1.54) is 3.57 Å². The van der Waals surface area contributed by atoms with Crippen LogP contribution in [0.1, 0.15) is 11.1 Å². The van der Waals surface area contributed by atoms with Crippen molar-refractivity contribution in [2.45, 2.75) is 6.61 Å². The van der Waals surface area contributed by atoms with Gasteiger partial charge in [0.25, 0.3) is 0 Å². The van der Waals surface area contributed by atoms with Crippen LogP contribution in [0.2, 0.25) is 5.02 Å². The van der Waals surface area contributed by atoms with Crippen molar-refractivity contribution in [2.75, 3.05) is 0 Å². The van der Waals surface area contributed by atoms with E-state index in [1.54, 1.807) is 18.2 Å². The van der Waals surface area contributed by atoms with Gasteiger partial charge < -0.3 is 4.74 Å². The lowest BCUT2D eigenvalue weighted by molar-refractivity contribution is 0.305. The van der Waals surface area contributed by atoms with Crippen molar-refractivity contribution in [3.63, 3.8) is 0 Å². The lowest BCUT2D eigenvalue weighted by Crippen LogP contribution is -1.97. The van der Waals surface area contributed by atoms with Crippen molar-refractivity contribution in [1.29, 1.82) is 5.26 Å². The third-order valence-electron chi connectivity index (χ3n) is 2.37. The molecule has 0 radical (unpaired) electrons. The number of halogens is 2. The SMILES string of the molecule is N#Cc1ccc(Cl)cc1OCc1ccc(I)cc1. The minimum atomic E-state index is 0.423. The van der Waals surface area contributed by atoms with Gasteiger partial charge in [-0.1, -0.05) is 23.7 Å². The molecule has 0 aliphatic heterocycles. The summed E-state index contributed by atoms with van der Waals surface area (Å²) in [6.45, 7) is 0.423. The summed E-state index contributed by atoms with van der Waals surface area (Å²) in [4.78, 5) is 0. The predicted octanol–water partition coefficient (Wildman–Crippen LogP) is 4.40. The van der Waals surface area contributed by atoms with E-state index in [4.69, 9.17) is 21.6 Å². The zero-order valence-electron chi connectivity index (χ0n) is 9.36. The minimum absolute atomic E-state index is 0.423. The maximum Gasteiger partial charge on any atom is 0.139 e. The molecule has 0 spiro atoms. The Morgan fingerprint density at radius 3 is 2.56 bits per heavy atom. The number of hydrogen-bond donors (Lipinski definition) is 0. The Morgan fingerprint density at radius 1 is 1.17 bits per heavy atom. The van der Waals surface area contributed by atoms with Crippen LogP contribution < -0.4 is 4.74 Å². The molecule has 0 aliphatic rings. The van der Waals surface area contributed by atoms with E-state index in [0.717, 1.165) is 5.56 Å². The van der Waals surface area contributed by atoms with E-state index < -0.39 is 0 Å². The summed E-state index contributed by atoms with van der Waals surface area (Å²) in [5.41, 5.74) is 1.55. The number of benzene rings is 2. The molecule has 2 nitrogen and oxygen atoms in total. The Kier molecular flexibility index (Phi) is 4.45. The van der Waals surface area contributed by atoms with Gasteiger partial charge in [-0.25, -0.2) is 0 Å². The molecule has 0 saturated heterocycles. The van der Waals surface area contributed by atoms with Crippen molar-refractivity contribution in [3.05, 3.63) is 62.2 Å². The normalized spacial score (nSPS) is 9.83. The minimum Gasteiger partial charge on any atom is -0.487 e. The van der Waals surface area contributed by atoms with Crippen molar-refractivity contribution in [2.24, 2.45) is 0 Å². The second-order valence-corrected chi connectivity index (χ2v) is 5.35. The van der Waals surface area contributed by atoms with Gasteiger partial charge in [-0.15, -0.1) is 0 Å².